The van der Waals surface area contributed by atoms with Crippen LogP contribution in [0.1, 0.15) is 64.3 Å². The zero-order valence-electron chi connectivity index (χ0n) is 19.2. The number of hydrogen-bond acceptors (Lipinski definition) is 3. The van der Waals surface area contributed by atoms with E-state index in [0.29, 0.717) is 10.7 Å². The monoisotopic (exact) mass is 439 g/mol. The first-order valence-electron chi connectivity index (χ1n) is 10.4. The van der Waals surface area contributed by atoms with Crippen LogP contribution in [0.4, 0.5) is 5.69 Å². The standard InChI is InChI=1S/C26H30ClNO3/c1-15-8-13-18(14-19(15)27)28-21(16-9-11-17(12-10-16)25(2,3)4)20(22(29)24(28)31)23(30)26(5,6)7/h8-14,21,29H,1-7H3. The summed E-state index contributed by atoms with van der Waals surface area (Å²) in [5.41, 5.74) is 2.65. The van der Waals surface area contributed by atoms with Crippen molar-refractivity contribution in [1.29, 1.82) is 0 Å². The first-order chi connectivity index (χ1) is 14.2. The van der Waals surface area contributed by atoms with Gasteiger partial charge in [0.2, 0.25) is 0 Å². The predicted molar refractivity (Wildman–Crippen MR) is 126 cm³/mol. The molecule has 0 bridgehead atoms. The third-order valence-electron chi connectivity index (χ3n) is 5.66. The SMILES string of the molecule is Cc1ccc(N2C(=O)C(O)=C(C(=O)C(C)(C)C)C2c2ccc(C(C)(C)C)cc2)cc1Cl. The van der Waals surface area contributed by atoms with Gasteiger partial charge in [-0.25, -0.2) is 0 Å². The molecule has 1 N–H and O–H groups in total. The maximum Gasteiger partial charge on any atom is 0.294 e. The summed E-state index contributed by atoms with van der Waals surface area (Å²) in [5.74, 6) is -1.36. The second kappa shape index (κ2) is 7.83. The molecule has 0 saturated heterocycles. The van der Waals surface area contributed by atoms with Crippen molar-refractivity contribution in [3.8, 4) is 0 Å². The largest absolute Gasteiger partial charge is 0.503 e. The molecule has 2 aromatic carbocycles. The predicted octanol–water partition coefficient (Wildman–Crippen LogP) is 6.46. The summed E-state index contributed by atoms with van der Waals surface area (Å²) in [6.45, 7) is 13.6. The van der Waals surface area contributed by atoms with Crippen LogP contribution in [0.3, 0.4) is 0 Å². The Morgan fingerprint density at radius 1 is 1.00 bits per heavy atom. The van der Waals surface area contributed by atoms with Crippen LogP contribution in [0.25, 0.3) is 0 Å². The molecule has 0 fully saturated rings. The zero-order chi connectivity index (χ0) is 23.3. The Morgan fingerprint density at radius 2 is 1.58 bits per heavy atom. The fraction of sp³-hybridized carbons (Fsp3) is 0.385. The summed E-state index contributed by atoms with van der Waals surface area (Å²) in [4.78, 5) is 27.9. The molecular formula is C26H30ClNO3. The number of ketones is 1. The van der Waals surface area contributed by atoms with E-state index >= 15 is 0 Å². The Morgan fingerprint density at radius 3 is 2.06 bits per heavy atom. The van der Waals surface area contributed by atoms with Crippen molar-refractivity contribution in [3.63, 3.8) is 0 Å². The smallest absolute Gasteiger partial charge is 0.294 e. The van der Waals surface area contributed by atoms with E-state index in [1.54, 1.807) is 32.9 Å². The number of carbonyl (C=O) groups is 2. The van der Waals surface area contributed by atoms with Crippen LogP contribution in [-0.4, -0.2) is 16.8 Å². The highest BCUT2D eigenvalue weighted by atomic mass is 35.5. The molecule has 1 amide bonds. The lowest BCUT2D eigenvalue weighted by atomic mass is 9.81. The van der Waals surface area contributed by atoms with Crippen LogP contribution in [0.5, 0.6) is 0 Å². The summed E-state index contributed by atoms with van der Waals surface area (Å²) in [5, 5.41) is 11.3. The van der Waals surface area contributed by atoms with Gasteiger partial charge in [0.05, 0.1) is 11.6 Å². The normalized spacial score (nSPS) is 17.5. The van der Waals surface area contributed by atoms with Crippen LogP contribution in [0.15, 0.2) is 53.8 Å². The number of halogens is 1. The number of hydrogen-bond donors (Lipinski definition) is 1. The van der Waals surface area contributed by atoms with Gasteiger partial charge in [0.25, 0.3) is 5.91 Å². The average Bonchev–Trinajstić information content (AvgIpc) is 2.93. The van der Waals surface area contributed by atoms with Gasteiger partial charge in [0.15, 0.2) is 11.5 Å². The van der Waals surface area contributed by atoms with Crippen molar-refractivity contribution in [1.82, 2.24) is 0 Å². The topological polar surface area (TPSA) is 57.6 Å². The maximum absolute atomic E-state index is 13.3. The number of anilines is 1. The van der Waals surface area contributed by atoms with Crippen molar-refractivity contribution < 1.29 is 14.7 Å². The Bertz CT molecular complexity index is 1070. The number of aryl methyl sites for hydroxylation is 1. The van der Waals surface area contributed by atoms with Gasteiger partial charge in [-0.15, -0.1) is 0 Å². The summed E-state index contributed by atoms with van der Waals surface area (Å²) in [7, 11) is 0. The second-order valence-electron chi connectivity index (χ2n) is 10.2. The van der Waals surface area contributed by atoms with Crippen LogP contribution in [0.2, 0.25) is 5.02 Å². The van der Waals surface area contributed by atoms with Crippen LogP contribution >= 0.6 is 11.6 Å². The van der Waals surface area contributed by atoms with E-state index in [-0.39, 0.29) is 16.8 Å². The van der Waals surface area contributed by atoms with Crippen LogP contribution in [0, 0.1) is 12.3 Å². The van der Waals surface area contributed by atoms with E-state index in [0.717, 1.165) is 16.7 Å². The summed E-state index contributed by atoms with van der Waals surface area (Å²) < 4.78 is 0. The molecule has 2 aromatic rings. The first kappa shape index (κ1) is 23.1. The minimum absolute atomic E-state index is 0.0315. The summed E-state index contributed by atoms with van der Waals surface area (Å²) >= 11 is 6.33. The van der Waals surface area contributed by atoms with Crippen LogP contribution in [-0.2, 0) is 15.0 Å². The molecule has 164 valence electrons. The molecule has 1 aliphatic rings. The van der Waals surface area contributed by atoms with Gasteiger partial charge < -0.3 is 5.11 Å². The molecule has 1 heterocycles. The highest BCUT2D eigenvalue weighted by molar-refractivity contribution is 6.31. The molecule has 0 radical (unpaired) electrons. The van der Waals surface area contributed by atoms with E-state index in [2.05, 4.69) is 20.8 Å². The minimum Gasteiger partial charge on any atom is -0.503 e. The molecular weight excluding hydrogens is 410 g/mol. The molecule has 0 spiro atoms. The summed E-state index contributed by atoms with van der Waals surface area (Å²) in [6, 6.07) is 12.4. The van der Waals surface area contributed by atoms with E-state index < -0.39 is 23.1 Å². The highest BCUT2D eigenvalue weighted by Gasteiger charge is 2.46. The van der Waals surface area contributed by atoms with Crippen molar-refractivity contribution in [2.24, 2.45) is 5.41 Å². The molecule has 0 aliphatic carbocycles. The molecule has 1 atom stereocenters. The molecule has 0 aromatic heterocycles. The van der Waals surface area contributed by atoms with E-state index in [1.165, 1.54) is 4.90 Å². The number of Topliss-reactive ketones (excluding diaryl/α,β-unsaturated/α-hetero) is 1. The zero-order valence-corrected chi connectivity index (χ0v) is 20.0. The number of carbonyl (C=O) groups excluding carboxylic acids is 2. The lowest BCUT2D eigenvalue weighted by Crippen LogP contribution is -2.33. The molecule has 1 aliphatic heterocycles. The third kappa shape index (κ3) is 4.27. The van der Waals surface area contributed by atoms with Gasteiger partial charge in [-0.3, -0.25) is 14.5 Å². The van der Waals surface area contributed by atoms with Gasteiger partial charge in [-0.05, 0) is 41.2 Å². The van der Waals surface area contributed by atoms with Gasteiger partial charge in [0, 0.05) is 16.1 Å². The van der Waals surface area contributed by atoms with Gasteiger partial charge in [0.1, 0.15) is 0 Å². The molecule has 3 rings (SSSR count). The molecule has 31 heavy (non-hydrogen) atoms. The third-order valence-corrected chi connectivity index (χ3v) is 6.07. The fourth-order valence-corrected chi connectivity index (χ4v) is 3.89. The van der Waals surface area contributed by atoms with Gasteiger partial charge >= 0.3 is 0 Å². The Kier molecular flexibility index (Phi) is 5.83. The van der Waals surface area contributed by atoms with E-state index in [9.17, 15) is 14.7 Å². The fourth-order valence-electron chi connectivity index (χ4n) is 3.72. The Labute approximate surface area is 189 Å². The number of nitrogens with zero attached hydrogens (tertiary/aromatic N) is 1. The number of aliphatic hydroxyl groups is 1. The summed E-state index contributed by atoms with van der Waals surface area (Å²) in [6.07, 6.45) is 0. The number of amides is 1. The minimum atomic E-state index is -0.756. The van der Waals surface area contributed by atoms with Gasteiger partial charge in [-0.2, -0.15) is 0 Å². The Balaban J connectivity index is 2.20. The quantitative estimate of drug-likeness (QED) is 0.596. The van der Waals surface area contributed by atoms with E-state index in [1.807, 2.05) is 37.3 Å². The second-order valence-corrected chi connectivity index (χ2v) is 10.6. The van der Waals surface area contributed by atoms with Crippen molar-refractivity contribution in [2.75, 3.05) is 4.90 Å². The van der Waals surface area contributed by atoms with Crippen molar-refractivity contribution >= 4 is 29.0 Å². The average molecular weight is 440 g/mol. The highest BCUT2D eigenvalue weighted by Crippen LogP contribution is 2.44. The van der Waals surface area contributed by atoms with Crippen molar-refractivity contribution in [3.05, 3.63) is 75.5 Å². The van der Waals surface area contributed by atoms with Crippen LogP contribution < -0.4 is 4.90 Å². The van der Waals surface area contributed by atoms with Gasteiger partial charge in [-0.1, -0.05) is 83.5 Å². The molecule has 5 heteroatoms. The van der Waals surface area contributed by atoms with Crippen molar-refractivity contribution in [2.45, 2.75) is 59.9 Å². The first-order valence-corrected chi connectivity index (χ1v) is 10.8. The Hall–Kier alpha value is -2.59. The number of aliphatic hydroxyl groups excluding tert-OH is 1. The molecule has 4 nitrogen and oxygen atoms in total. The number of benzene rings is 2. The number of rotatable bonds is 3. The molecule has 1 unspecified atom stereocenters. The van der Waals surface area contributed by atoms with E-state index in [4.69, 9.17) is 11.6 Å². The lowest BCUT2D eigenvalue weighted by molar-refractivity contribution is -0.123. The maximum atomic E-state index is 13.3. The lowest BCUT2D eigenvalue weighted by Gasteiger charge is -2.30. The molecule has 0 saturated carbocycles.